The number of aliphatic hydroxyl groups is 3. The Morgan fingerprint density at radius 1 is 0.500 bits per heavy atom. The first-order valence-electron chi connectivity index (χ1n) is 16.8. The third-order valence-electron chi connectivity index (χ3n) is 10.6. The molecule has 7 aromatic carbocycles. The molecule has 0 saturated carbocycles. The van der Waals surface area contributed by atoms with E-state index in [1.54, 1.807) is 18.2 Å². The van der Waals surface area contributed by atoms with Crippen LogP contribution in [-0.2, 0) is 12.8 Å². The highest BCUT2D eigenvalue weighted by molar-refractivity contribution is 6.39. The minimum atomic E-state index is -1.27. The highest BCUT2D eigenvalue weighted by Gasteiger charge is 2.40. The second-order valence-corrected chi connectivity index (χ2v) is 13.3. The first-order chi connectivity index (χ1) is 24.4. The molecular formula is C42H32N2O6. The lowest BCUT2D eigenvalue weighted by Crippen LogP contribution is -2.49. The molecule has 0 fully saturated rings. The smallest absolute Gasteiger partial charge is 0.261 e. The molecule has 0 saturated heterocycles. The van der Waals surface area contributed by atoms with Gasteiger partial charge >= 0.3 is 0 Å². The van der Waals surface area contributed by atoms with Gasteiger partial charge in [0, 0.05) is 33.0 Å². The fraction of sp³-hybridized carbons (Fsp3) is 0.167. The number of hydrogen-bond donors (Lipinski definition) is 3. The molecule has 0 bridgehead atoms. The van der Waals surface area contributed by atoms with Gasteiger partial charge in [0.25, 0.3) is 17.7 Å². The number of aliphatic hydroxyl groups excluding tert-OH is 3. The van der Waals surface area contributed by atoms with Gasteiger partial charge in [-0.1, -0.05) is 91.0 Å². The topological polar surface area (TPSA) is 118 Å². The molecule has 3 atom stereocenters. The number of carbonyl (C=O) groups is 3. The number of rotatable bonds is 8. The number of hydrogen-bond acceptors (Lipinski definition) is 6. The van der Waals surface area contributed by atoms with E-state index in [0.29, 0.717) is 45.9 Å². The van der Waals surface area contributed by atoms with Crippen molar-refractivity contribution in [2.75, 3.05) is 13.2 Å². The Hall–Kier alpha value is -5.67. The summed E-state index contributed by atoms with van der Waals surface area (Å²) < 4.78 is 0. The van der Waals surface area contributed by atoms with E-state index in [1.807, 2.05) is 91.0 Å². The van der Waals surface area contributed by atoms with Crippen molar-refractivity contribution in [1.82, 2.24) is 9.80 Å². The third-order valence-corrected chi connectivity index (χ3v) is 10.6. The number of nitrogens with zero attached hydrogens (tertiary/aromatic N) is 2. The van der Waals surface area contributed by atoms with E-state index in [0.717, 1.165) is 43.4 Å². The largest absolute Gasteiger partial charge is 0.394 e. The summed E-state index contributed by atoms with van der Waals surface area (Å²) in [7, 11) is 0. The Morgan fingerprint density at radius 2 is 0.940 bits per heavy atom. The van der Waals surface area contributed by atoms with Crippen LogP contribution in [0.4, 0.5) is 0 Å². The zero-order valence-electron chi connectivity index (χ0n) is 26.9. The highest BCUT2D eigenvalue weighted by Crippen LogP contribution is 2.48. The average Bonchev–Trinajstić information content (AvgIpc) is 3.15. The molecule has 9 rings (SSSR count). The molecule has 0 aromatic heterocycles. The lowest BCUT2D eigenvalue weighted by molar-refractivity contribution is -0.0268. The first-order valence-corrected chi connectivity index (χ1v) is 16.8. The van der Waals surface area contributed by atoms with Gasteiger partial charge in [-0.25, -0.2) is 0 Å². The van der Waals surface area contributed by atoms with Crippen LogP contribution in [0.2, 0.25) is 0 Å². The van der Waals surface area contributed by atoms with Crippen molar-refractivity contribution < 1.29 is 29.7 Å². The van der Waals surface area contributed by atoms with E-state index >= 15 is 0 Å². The number of carbonyl (C=O) groups excluding carboxylic acids is 3. The standard InChI is InChI=1S/C42H32N2O6/c45-21-25(19-23-7-3-1-4-8-23)43-39(47)31-15-11-27-29-13-17-33-38-34(42(50)44(41(33)49)26(22-46)20-24-9-5-2-6-10-24)18-14-30(36(29)38)28-12-16-32(40(43)48)37(31)35(27)28/h1-18,25-26,39,45-47H,19-22H2. The Kier molecular flexibility index (Phi) is 6.96. The summed E-state index contributed by atoms with van der Waals surface area (Å²) in [6, 6.07) is 32.4. The van der Waals surface area contributed by atoms with Gasteiger partial charge in [-0.05, 0) is 74.5 Å². The summed E-state index contributed by atoms with van der Waals surface area (Å²) >= 11 is 0. The molecule has 0 aliphatic carbocycles. The zero-order valence-corrected chi connectivity index (χ0v) is 26.9. The van der Waals surface area contributed by atoms with Crippen molar-refractivity contribution in [3.8, 4) is 0 Å². The Morgan fingerprint density at radius 3 is 1.44 bits per heavy atom. The minimum Gasteiger partial charge on any atom is -0.394 e. The quantitative estimate of drug-likeness (QED) is 0.105. The molecule has 50 heavy (non-hydrogen) atoms. The molecule has 3 amide bonds. The van der Waals surface area contributed by atoms with Crippen molar-refractivity contribution in [1.29, 1.82) is 0 Å². The van der Waals surface area contributed by atoms with Crippen LogP contribution in [0, 0.1) is 0 Å². The van der Waals surface area contributed by atoms with Gasteiger partial charge in [0.1, 0.15) is 0 Å². The van der Waals surface area contributed by atoms with Crippen LogP contribution in [-0.4, -0.2) is 68.1 Å². The molecule has 0 spiro atoms. The summed E-state index contributed by atoms with van der Waals surface area (Å²) in [5, 5.41) is 38.7. The number of amides is 3. The van der Waals surface area contributed by atoms with E-state index in [2.05, 4.69) is 0 Å². The summed E-state index contributed by atoms with van der Waals surface area (Å²) in [4.78, 5) is 45.0. The van der Waals surface area contributed by atoms with Gasteiger partial charge in [0.05, 0.1) is 25.3 Å². The Balaban J connectivity index is 1.19. The third kappa shape index (κ3) is 4.26. The maximum Gasteiger partial charge on any atom is 0.261 e. The molecule has 0 radical (unpaired) electrons. The van der Waals surface area contributed by atoms with Crippen LogP contribution < -0.4 is 0 Å². The Bertz CT molecular complexity index is 2440. The first kappa shape index (κ1) is 30.4. The van der Waals surface area contributed by atoms with E-state index in [9.17, 15) is 29.7 Å². The molecule has 8 nitrogen and oxygen atoms in total. The fourth-order valence-electron chi connectivity index (χ4n) is 8.37. The van der Waals surface area contributed by atoms with Gasteiger partial charge < -0.3 is 20.2 Å². The monoisotopic (exact) mass is 660 g/mol. The van der Waals surface area contributed by atoms with Crippen molar-refractivity contribution in [2.45, 2.75) is 31.2 Å². The van der Waals surface area contributed by atoms with Gasteiger partial charge in [-0.3, -0.25) is 19.3 Å². The maximum absolute atomic E-state index is 14.2. The normalized spacial score (nSPS) is 17.1. The van der Waals surface area contributed by atoms with Gasteiger partial charge in [0.15, 0.2) is 6.23 Å². The van der Waals surface area contributed by atoms with Crippen molar-refractivity contribution in [3.63, 3.8) is 0 Å². The summed E-state index contributed by atoms with van der Waals surface area (Å²) in [6.07, 6.45) is -0.556. The van der Waals surface area contributed by atoms with Crippen molar-refractivity contribution >= 4 is 60.8 Å². The van der Waals surface area contributed by atoms with Crippen LogP contribution >= 0.6 is 0 Å². The van der Waals surface area contributed by atoms with Gasteiger partial charge in [0.2, 0.25) is 0 Å². The molecule has 2 heterocycles. The number of imide groups is 1. The Labute approximate surface area is 286 Å². The number of fused-ring (bicyclic) bond motifs is 2. The molecular weight excluding hydrogens is 628 g/mol. The van der Waals surface area contributed by atoms with Crippen LogP contribution in [0.3, 0.4) is 0 Å². The lowest BCUT2D eigenvalue weighted by atomic mass is 9.81. The fourth-order valence-corrected chi connectivity index (χ4v) is 8.37. The predicted octanol–water partition coefficient (Wildman–Crippen LogP) is 5.99. The molecule has 2 aliphatic rings. The molecule has 246 valence electrons. The van der Waals surface area contributed by atoms with Gasteiger partial charge in [-0.15, -0.1) is 0 Å². The molecule has 8 heteroatoms. The summed E-state index contributed by atoms with van der Waals surface area (Å²) in [6.45, 7) is -0.680. The van der Waals surface area contributed by atoms with E-state index in [4.69, 9.17) is 0 Å². The molecule has 2 aliphatic heterocycles. The summed E-state index contributed by atoms with van der Waals surface area (Å²) in [5.74, 6) is -1.25. The second-order valence-electron chi connectivity index (χ2n) is 13.3. The highest BCUT2D eigenvalue weighted by atomic mass is 16.3. The maximum atomic E-state index is 14.2. The van der Waals surface area contributed by atoms with Gasteiger partial charge in [-0.2, -0.15) is 0 Å². The zero-order chi connectivity index (χ0) is 34.3. The predicted molar refractivity (Wildman–Crippen MR) is 191 cm³/mol. The van der Waals surface area contributed by atoms with Crippen LogP contribution in [0.15, 0.2) is 109 Å². The lowest BCUT2D eigenvalue weighted by Gasteiger charge is -2.39. The summed E-state index contributed by atoms with van der Waals surface area (Å²) in [5.41, 5.74) is 3.68. The minimum absolute atomic E-state index is 0.313. The average molecular weight is 661 g/mol. The van der Waals surface area contributed by atoms with E-state index in [1.165, 1.54) is 9.80 Å². The van der Waals surface area contributed by atoms with E-state index in [-0.39, 0.29) is 19.1 Å². The molecule has 3 N–H and O–H groups in total. The van der Waals surface area contributed by atoms with Crippen molar-refractivity contribution in [2.24, 2.45) is 0 Å². The van der Waals surface area contributed by atoms with Crippen molar-refractivity contribution in [3.05, 3.63) is 143 Å². The number of benzene rings is 7. The van der Waals surface area contributed by atoms with Crippen LogP contribution in [0.25, 0.3) is 43.1 Å². The van der Waals surface area contributed by atoms with Crippen LogP contribution in [0.1, 0.15) is 54.0 Å². The molecule has 3 unspecified atom stereocenters. The van der Waals surface area contributed by atoms with E-state index < -0.39 is 30.1 Å². The SMILES string of the molecule is O=C1c2ccc3c4ccc5c6c(ccc(c7ccc(c2c37)C(=O)N1C(CO)Cc1ccccc1)c64)C(O)N(C(CO)Cc1ccccc1)C5=O. The van der Waals surface area contributed by atoms with Crippen LogP contribution in [0.5, 0.6) is 0 Å². The molecule has 7 aromatic rings. The second kappa shape index (κ2) is 11.5.